The molecule has 0 radical (unpaired) electrons. The number of hydrogen-bond acceptors (Lipinski definition) is 3. The second-order valence-electron chi connectivity index (χ2n) is 2.59. The first-order valence-corrected chi connectivity index (χ1v) is 3.65. The number of pyridine rings is 1. The molecule has 0 aromatic carbocycles. The van der Waals surface area contributed by atoms with Crippen molar-refractivity contribution in [2.24, 2.45) is 0 Å². The van der Waals surface area contributed by atoms with E-state index in [0.717, 1.165) is 0 Å². The lowest BCUT2D eigenvalue weighted by Crippen LogP contribution is -2.02. The Morgan fingerprint density at radius 2 is 1.92 bits per heavy atom. The van der Waals surface area contributed by atoms with Gasteiger partial charge in [0.25, 0.3) is 0 Å². The van der Waals surface area contributed by atoms with Gasteiger partial charge in [0, 0.05) is 6.92 Å². The summed E-state index contributed by atoms with van der Waals surface area (Å²) in [7, 11) is 0. The SMILES string of the molecule is CC(=N)c1cccc(C(C)=O)n1. The van der Waals surface area contributed by atoms with Crippen LogP contribution in [-0.4, -0.2) is 16.5 Å². The minimum Gasteiger partial charge on any atom is -0.303 e. The Balaban J connectivity index is 3.12. The van der Waals surface area contributed by atoms with Crippen molar-refractivity contribution in [2.45, 2.75) is 13.8 Å². The second kappa shape index (κ2) is 3.26. The maximum absolute atomic E-state index is 10.9. The van der Waals surface area contributed by atoms with E-state index in [9.17, 15) is 4.79 Å². The number of Topliss-reactive ketones (excluding diaryl/α,β-unsaturated/α-hetero) is 1. The van der Waals surface area contributed by atoms with E-state index in [1.807, 2.05) is 0 Å². The Morgan fingerprint density at radius 3 is 2.42 bits per heavy atom. The van der Waals surface area contributed by atoms with Gasteiger partial charge in [-0.2, -0.15) is 0 Å². The fourth-order valence-corrected chi connectivity index (χ4v) is 0.840. The molecule has 1 aromatic heterocycles. The van der Waals surface area contributed by atoms with Crippen molar-refractivity contribution in [2.75, 3.05) is 0 Å². The van der Waals surface area contributed by atoms with Crippen molar-refractivity contribution >= 4 is 11.5 Å². The molecule has 0 unspecified atom stereocenters. The summed E-state index contributed by atoms with van der Waals surface area (Å²) in [5.41, 5.74) is 1.35. The summed E-state index contributed by atoms with van der Waals surface area (Å²) in [6.45, 7) is 3.11. The molecule has 0 aliphatic rings. The number of aromatic nitrogens is 1. The molecule has 1 rings (SSSR count). The molecular formula is C9H10N2O. The molecule has 1 heterocycles. The quantitative estimate of drug-likeness (QED) is 0.531. The Labute approximate surface area is 71.0 Å². The molecule has 0 saturated carbocycles. The first-order chi connectivity index (χ1) is 5.61. The largest absolute Gasteiger partial charge is 0.303 e. The third-order valence-electron chi connectivity index (χ3n) is 1.49. The van der Waals surface area contributed by atoms with Crippen LogP contribution in [0.1, 0.15) is 30.0 Å². The molecule has 12 heavy (non-hydrogen) atoms. The lowest BCUT2D eigenvalue weighted by Gasteiger charge is -1.98. The van der Waals surface area contributed by atoms with Crippen LogP contribution in [-0.2, 0) is 0 Å². The maximum Gasteiger partial charge on any atom is 0.178 e. The highest BCUT2D eigenvalue weighted by atomic mass is 16.1. The normalized spacial score (nSPS) is 9.50. The van der Waals surface area contributed by atoms with E-state index in [4.69, 9.17) is 5.41 Å². The van der Waals surface area contributed by atoms with E-state index in [1.165, 1.54) is 6.92 Å². The lowest BCUT2D eigenvalue weighted by molar-refractivity contribution is 0.101. The van der Waals surface area contributed by atoms with Crippen LogP contribution >= 0.6 is 0 Å². The summed E-state index contributed by atoms with van der Waals surface area (Å²) >= 11 is 0. The van der Waals surface area contributed by atoms with Gasteiger partial charge in [0.2, 0.25) is 0 Å². The Hall–Kier alpha value is -1.51. The van der Waals surface area contributed by atoms with Crippen LogP contribution < -0.4 is 0 Å². The molecule has 1 aromatic rings. The number of nitrogens with zero attached hydrogens (tertiary/aromatic N) is 1. The van der Waals surface area contributed by atoms with Crippen molar-refractivity contribution in [3.05, 3.63) is 29.6 Å². The van der Waals surface area contributed by atoms with Gasteiger partial charge >= 0.3 is 0 Å². The molecule has 1 N–H and O–H groups in total. The van der Waals surface area contributed by atoms with Gasteiger partial charge in [-0.15, -0.1) is 0 Å². The van der Waals surface area contributed by atoms with Crippen molar-refractivity contribution in [3.8, 4) is 0 Å². The van der Waals surface area contributed by atoms with Gasteiger partial charge in [-0.1, -0.05) is 6.07 Å². The van der Waals surface area contributed by atoms with E-state index < -0.39 is 0 Å². The Bertz CT molecular complexity index is 302. The van der Waals surface area contributed by atoms with Crippen molar-refractivity contribution < 1.29 is 4.79 Å². The van der Waals surface area contributed by atoms with Crippen molar-refractivity contribution in [3.63, 3.8) is 0 Å². The van der Waals surface area contributed by atoms with Crippen LogP contribution in [0.2, 0.25) is 0 Å². The average Bonchev–Trinajstić information content (AvgIpc) is 2.04. The summed E-state index contributed by atoms with van der Waals surface area (Å²) in [5, 5.41) is 7.30. The predicted octanol–water partition coefficient (Wildman–Crippen LogP) is 1.67. The number of nitrogens with one attached hydrogen (secondary N) is 1. The van der Waals surface area contributed by atoms with Crippen LogP contribution in [0, 0.1) is 5.41 Å². The van der Waals surface area contributed by atoms with Gasteiger partial charge in [-0.05, 0) is 19.1 Å². The van der Waals surface area contributed by atoms with Gasteiger partial charge in [0.05, 0.1) is 11.4 Å². The molecule has 3 heteroatoms. The second-order valence-corrected chi connectivity index (χ2v) is 2.59. The van der Waals surface area contributed by atoms with E-state index in [1.54, 1.807) is 25.1 Å². The van der Waals surface area contributed by atoms with Gasteiger partial charge in [0.15, 0.2) is 5.78 Å². The fourth-order valence-electron chi connectivity index (χ4n) is 0.840. The zero-order chi connectivity index (χ0) is 9.14. The number of carbonyl (C=O) groups excluding carboxylic acids is 1. The first-order valence-electron chi connectivity index (χ1n) is 3.65. The fraction of sp³-hybridized carbons (Fsp3) is 0.222. The van der Waals surface area contributed by atoms with Gasteiger partial charge in [-0.25, -0.2) is 4.98 Å². The monoisotopic (exact) mass is 162 g/mol. The van der Waals surface area contributed by atoms with Gasteiger partial charge < -0.3 is 5.41 Å². The molecule has 0 bridgehead atoms. The van der Waals surface area contributed by atoms with Gasteiger partial charge in [0.1, 0.15) is 5.69 Å². The molecule has 0 aliphatic carbocycles. The first kappa shape index (κ1) is 8.59. The molecule has 0 aliphatic heterocycles. The molecule has 0 fully saturated rings. The van der Waals surface area contributed by atoms with Crippen LogP contribution in [0.5, 0.6) is 0 Å². The molecule has 62 valence electrons. The highest BCUT2D eigenvalue weighted by Gasteiger charge is 2.02. The molecule has 3 nitrogen and oxygen atoms in total. The van der Waals surface area contributed by atoms with Crippen molar-refractivity contribution in [1.82, 2.24) is 4.98 Å². The lowest BCUT2D eigenvalue weighted by atomic mass is 10.2. The highest BCUT2D eigenvalue weighted by Crippen LogP contribution is 2.00. The number of rotatable bonds is 2. The standard InChI is InChI=1S/C9H10N2O/c1-6(10)8-4-3-5-9(11-8)7(2)12/h3-5,10H,1-2H3. The van der Waals surface area contributed by atoms with E-state index in [2.05, 4.69) is 4.98 Å². The average molecular weight is 162 g/mol. The van der Waals surface area contributed by atoms with Crippen molar-refractivity contribution in [1.29, 1.82) is 5.41 Å². The van der Waals surface area contributed by atoms with E-state index in [-0.39, 0.29) is 5.78 Å². The molecular weight excluding hydrogens is 152 g/mol. The van der Waals surface area contributed by atoms with Crippen LogP contribution in [0.15, 0.2) is 18.2 Å². The molecule has 0 amide bonds. The summed E-state index contributed by atoms with van der Waals surface area (Å²) in [6, 6.07) is 5.10. The summed E-state index contributed by atoms with van der Waals surface area (Å²) < 4.78 is 0. The predicted molar refractivity (Wildman–Crippen MR) is 46.7 cm³/mol. The summed E-state index contributed by atoms with van der Waals surface area (Å²) in [6.07, 6.45) is 0. The maximum atomic E-state index is 10.9. The molecule has 0 spiro atoms. The number of carbonyl (C=O) groups is 1. The highest BCUT2D eigenvalue weighted by molar-refractivity contribution is 5.97. The van der Waals surface area contributed by atoms with Gasteiger partial charge in [-0.3, -0.25) is 4.79 Å². The molecule has 0 saturated heterocycles. The number of ketones is 1. The van der Waals surface area contributed by atoms with Crippen LogP contribution in [0.4, 0.5) is 0 Å². The Kier molecular flexibility index (Phi) is 2.33. The third-order valence-corrected chi connectivity index (χ3v) is 1.49. The van der Waals surface area contributed by atoms with Crippen LogP contribution in [0.25, 0.3) is 0 Å². The Morgan fingerprint density at radius 1 is 1.33 bits per heavy atom. The topological polar surface area (TPSA) is 53.8 Å². The molecule has 0 atom stereocenters. The summed E-state index contributed by atoms with van der Waals surface area (Å²) in [4.78, 5) is 14.9. The number of hydrogen-bond donors (Lipinski definition) is 1. The zero-order valence-electron chi connectivity index (χ0n) is 7.09. The third kappa shape index (κ3) is 1.75. The summed E-state index contributed by atoms with van der Waals surface area (Å²) in [5.74, 6) is -0.0712. The smallest absolute Gasteiger partial charge is 0.178 e. The van der Waals surface area contributed by atoms with E-state index >= 15 is 0 Å². The van der Waals surface area contributed by atoms with E-state index in [0.29, 0.717) is 17.1 Å². The minimum atomic E-state index is -0.0712. The van der Waals surface area contributed by atoms with Crippen LogP contribution in [0.3, 0.4) is 0 Å². The zero-order valence-corrected chi connectivity index (χ0v) is 7.09. The minimum absolute atomic E-state index is 0.0712.